The van der Waals surface area contributed by atoms with E-state index in [1.165, 1.54) is 11.1 Å². The van der Waals surface area contributed by atoms with Crippen LogP contribution in [0.4, 0.5) is 0 Å². The highest BCUT2D eigenvalue weighted by molar-refractivity contribution is 9.10. The summed E-state index contributed by atoms with van der Waals surface area (Å²) >= 11 is 9.47. The lowest BCUT2D eigenvalue weighted by atomic mass is 10.1. The second-order valence-electron chi connectivity index (χ2n) is 4.61. The molecule has 4 heteroatoms. The normalized spacial score (nSPS) is 12.2. The van der Waals surface area contributed by atoms with Crippen molar-refractivity contribution in [2.24, 2.45) is 0 Å². The van der Waals surface area contributed by atoms with Gasteiger partial charge in [-0.25, -0.2) is 0 Å². The molecule has 0 bridgehead atoms. The first-order chi connectivity index (χ1) is 9.60. The lowest BCUT2D eigenvalue weighted by Crippen LogP contribution is -2.18. The van der Waals surface area contributed by atoms with Crippen LogP contribution in [0.25, 0.3) is 0 Å². The van der Waals surface area contributed by atoms with E-state index in [1.807, 2.05) is 42.5 Å². The molecule has 0 saturated heterocycles. The molecule has 2 aromatic rings. The summed E-state index contributed by atoms with van der Waals surface area (Å²) in [5.74, 6) is 0.865. The zero-order chi connectivity index (χ0) is 14.5. The summed E-state index contributed by atoms with van der Waals surface area (Å²) in [5.41, 5.74) is 2.39. The molecular formula is C16H17BrClNO. The lowest BCUT2D eigenvalue weighted by Gasteiger charge is -2.15. The van der Waals surface area contributed by atoms with Gasteiger partial charge in [0.1, 0.15) is 5.75 Å². The second kappa shape index (κ2) is 7.11. The predicted molar refractivity (Wildman–Crippen MR) is 87.4 cm³/mol. The molecule has 1 N–H and O–H groups in total. The smallest absolute Gasteiger partial charge is 0.119 e. The topological polar surface area (TPSA) is 21.3 Å². The van der Waals surface area contributed by atoms with E-state index in [0.29, 0.717) is 0 Å². The van der Waals surface area contributed by atoms with Crippen molar-refractivity contribution in [2.75, 3.05) is 7.11 Å². The largest absolute Gasteiger partial charge is 0.497 e. The van der Waals surface area contributed by atoms with Crippen LogP contribution in [0.1, 0.15) is 24.1 Å². The van der Waals surface area contributed by atoms with Crippen LogP contribution < -0.4 is 10.1 Å². The van der Waals surface area contributed by atoms with Crippen LogP contribution in [0.15, 0.2) is 46.9 Å². The van der Waals surface area contributed by atoms with E-state index >= 15 is 0 Å². The molecule has 0 saturated carbocycles. The van der Waals surface area contributed by atoms with Gasteiger partial charge in [0, 0.05) is 22.1 Å². The summed E-state index contributed by atoms with van der Waals surface area (Å²) in [6, 6.07) is 14.1. The Hall–Kier alpha value is -1.03. The minimum atomic E-state index is 0.255. The van der Waals surface area contributed by atoms with Gasteiger partial charge in [0.2, 0.25) is 0 Å². The molecular weight excluding hydrogens is 338 g/mol. The van der Waals surface area contributed by atoms with E-state index in [1.54, 1.807) is 7.11 Å². The lowest BCUT2D eigenvalue weighted by molar-refractivity contribution is 0.413. The van der Waals surface area contributed by atoms with Crippen molar-refractivity contribution in [1.29, 1.82) is 0 Å². The Labute approximate surface area is 133 Å². The van der Waals surface area contributed by atoms with Crippen LogP contribution in [0.3, 0.4) is 0 Å². The average Bonchev–Trinajstić information content (AvgIpc) is 2.47. The van der Waals surface area contributed by atoms with E-state index in [9.17, 15) is 0 Å². The molecule has 2 nitrogen and oxygen atoms in total. The Bertz CT molecular complexity index is 571. The van der Waals surface area contributed by atoms with Crippen molar-refractivity contribution >= 4 is 27.5 Å². The summed E-state index contributed by atoms with van der Waals surface area (Å²) in [4.78, 5) is 0. The fraction of sp³-hybridized carbons (Fsp3) is 0.250. The van der Waals surface area contributed by atoms with E-state index in [2.05, 4.69) is 28.2 Å². The number of rotatable bonds is 5. The van der Waals surface area contributed by atoms with Gasteiger partial charge in [-0.2, -0.15) is 0 Å². The Morgan fingerprint density at radius 2 is 1.90 bits per heavy atom. The van der Waals surface area contributed by atoms with Gasteiger partial charge in [0.15, 0.2) is 0 Å². The highest BCUT2D eigenvalue weighted by Crippen LogP contribution is 2.23. The number of benzene rings is 2. The Kier molecular flexibility index (Phi) is 5.46. The van der Waals surface area contributed by atoms with E-state index in [-0.39, 0.29) is 6.04 Å². The first-order valence-corrected chi connectivity index (χ1v) is 7.58. The maximum Gasteiger partial charge on any atom is 0.119 e. The van der Waals surface area contributed by atoms with Crippen LogP contribution in [0, 0.1) is 0 Å². The minimum Gasteiger partial charge on any atom is -0.497 e. The van der Waals surface area contributed by atoms with Crippen molar-refractivity contribution < 1.29 is 4.74 Å². The molecule has 0 spiro atoms. The Balaban J connectivity index is 2.02. The SMILES string of the molecule is COc1ccc(Br)c(CNC(C)c2ccc(Cl)cc2)c1. The van der Waals surface area contributed by atoms with Crippen LogP contribution in [-0.4, -0.2) is 7.11 Å². The van der Waals surface area contributed by atoms with Crippen molar-refractivity contribution in [3.63, 3.8) is 0 Å². The molecule has 2 rings (SSSR count). The molecule has 0 amide bonds. The molecule has 0 fully saturated rings. The zero-order valence-electron chi connectivity index (χ0n) is 11.5. The predicted octanol–water partition coefficient (Wildman–Crippen LogP) is 4.96. The van der Waals surface area contributed by atoms with Gasteiger partial charge in [-0.15, -0.1) is 0 Å². The van der Waals surface area contributed by atoms with Crippen LogP contribution in [0.2, 0.25) is 5.02 Å². The van der Waals surface area contributed by atoms with E-state index in [4.69, 9.17) is 16.3 Å². The molecule has 0 aromatic heterocycles. The second-order valence-corrected chi connectivity index (χ2v) is 5.90. The van der Waals surface area contributed by atoms with Crippen LogP contribution >= 0.6 is 27.5 Å². The van der Waals surface area contributed by atoms with Gasteiger partial charge in [-0.3, -0.25) is 0 Å². The standard InChI is InChI=1S/C16H17BrClNO/c1-11(12-3-5-14(18)6-4-12)19-10-13-9-15(20-2)7-8-16(13)17/h3-9,11,19H,10H2,1-2H3. The Morgan fingerprint density at radius 1 is 1.20 bits per heavy atom. The van der Waals surface area contributed by atoms with Gasteiger partial charge in [-0.05, 0) is 48.4 Å². The molecule has 0 aliphatic carbocycles. The van der Waals surface area contributed by atoms with E-state index in [0.717, 1.165) is 21.8 Å². The summed E-state index contributed by atoms with van der Waals surface area (Å²) in [5, 5.41) is 4.26. The Morgan fingerprint density at radius 3 is 2.55 bits per heavy atom. The third-order valence-electron chi connectivity index (χ3n) is 3.22. The quantitative estimate of drug-likeness (QED) is 0.819. The maximum atomic E-state index is 5.90. The monoisotopic (exact) mass is 353 g/mol. The van der Waals surface area contributed by atoms with Gasteiger partial charge < -0.3 is 10.1 Å². The van der Waals surface area contributed by atoms with Crippen molar-refractivity contribution in [1.82, 2.24) is 5.32 Å². The van der Waals surface area contributed by atoms with Gasteiger partial charge in [0.05, 0.1) is 7.11 Å². The van der Waals surface area contributed by atoms with Gasteiger partial charge >= 0.3 is 0 Å². The number of halogens is 2. The summed E-state index contributed by atoms with van der Waals surface area (Å²) in [6.07, 6.45) is 0. The number of nitrogens with one attached hydrogen (secondary N) is 1. The number of methoxy groups -OCH3 is 1. The fourth-order valence-corrected chi connectivity index (χ4v) is 2.46. The van der Waals surface area contributed by atoms with Crippen molar-refractivity contribution in [3.8, 4) is 5.75 Å². The molecule has 0 heterocycles. The van der Waals surface area contributed by atoms with Gasteiger partial charge in [0.25, 0.3) is 0 Å². The third kappa shape index (κ3) is 3.98. The molecule has 1 unspecified atom stereocenters. The summed E-state index contributed by atoms with van der Waals surface area (Å²) in [6.45, 7) is 2.90. The van der Waals surface area contributed by atoms with Crippen molar-refractivity contribution in [2.45, 2.75) is 19.5 Å². The highest BCUT2D eigenvalue weighted by atomic mass is 79.9. The third-order valence-corrected chi connectivity index (χ3v) is 4.25. The molecule has 0 aliphatic rings. The molecule has 0 aliphatic heterocycles. The van der Waals surface area contributed by atoms with E-state index < -0.39 is 0 Å². The maximum absolute atomic E-state index is 5.90. The highest BCUT2D eigenvalue weighted by Gasteiger charge is 2.07. The first-order valence-electron chi connectivity index (χ1n) is 6.41. The summed E-state index contributed by atoms with van der Waals surface area (Å²) in [7, 11) is 1.68. The molecule has 2 aromatic carbocycles. The molecule has 0 radical (unpaired) electrons. The van der Waals surface area contributed by atoms with Gasteiger partial charge in [-0.1, -0.05) is 39.7 Å². The fourth-order valence-electron chi connectivity index (χ4n) is 1.95. The molecule has 1 atom stereocenters. The summed E-state index contributed by atoms with van der Waals surface area (Å²) < 4.78 is 6.33. The van der Waals surface area contributed by atoms with Crippen molar-refractivity contribution in [3.05, 3.63) is 63.1 Å². The average molecular weight is 355 g/mol. The molecule has 106 valence electrons. The minimum absolute atomic E-state index is 0.255. The zero-order valence-corrected chi connectivity index (χ0v) is 13.8. The van der Waals surface area contributed by atoms with Crippen LogP contribution in [-0.2, 0) is 6.54 Å². The number of ether oxygens (including phenoxy) is 1. The van der Waals surface area contributed by atoms with Crippen LogP contribution in [0.5, 0.6) is 5.75 Å². The molecule has 20 heavy (non-hydrogen) atoms. The number of hydrogen-bond acceptors (Lipinski definition) is 2. The first kappa shape index (κ1) is 15.4. The number of hydrogen-bond donors (Lipinski definition) is 1.